The summed E-state index contributed by atoms with van der Waals surface area (Å²) < 4.78 is 0. The Hall–Kier alpha value is -0.160. The Bertz CT molecular complexity index is 117. The minimum Gasteiger partial charge on any atom is -0.394 e. The van der Waals surface area contributed by atoms with Crippen molar-refractivity contribution in [2.75, 3.05) is 19.7 Å². The van der Waals surface area contributed by atoms with Crippen molar-refractivity contribution in [1.29, 1.82) is 0 Å². The summed E-state index contributed by atoms with van der Waals surface area (Å²) in [7, 11) is 0. The molecule has 4 nitrogen and oxygen atoms in total. The van der Waals surface area contributed by atoms with Crippen molar-refractivity contribution in [3.63, 3.8) is 0 Å². The summed E-state index contributed by atoms with van der Waals surface area (Å²) in [6.45, 7) is 4.12. The van der Waals surface area contributed by atoms with Crippen molar-refractivity contribution < 1.29 is 15.3 Å². The van der Waals surface area contributed by atoms with Crippen molar-refractivity contribution in [3.8, 4) is 0 Å². The van der Waals surface area contributed by atoms with Gasteiger partial charge in [-0.2, -0.15) is 0 Å². The van der Waals surface area contributed by atoms with Gasteiger partial charge in [-0.3, -0.25) is 0 Å². The first-order valence-electron chi connectivity index (χ1n) is 4.24. The van der Waals surface area contributed by atoms with E-state index in [1.54, 1.807) is 6.92 Å². The Balaban J connectivity index is 3.42. The molecule has 0 spiro atoms. The van der Waals surface area contributed by atoms with E-state index in [2.05, 4.69) is 5.32 Å². The third-order valence-electron chi connectivity index (χ3n) is 1.86. The number of nitrogens with one attached hydrogen (secondary N) is 1. The van der Waals surface area contributed by atoms with Gasteiger partial charge in [-0.15, -0.1) is 0 Å². The van der Waals surface area contributed by atoms with Crippen LogP contribution in [0.15, 0.2) is 0 Å². The monoisotopic (exact) mass is 177 g/mol. The lowest BCUT2D eigenvalue weighted by atomic mass is 10.0. The zero-order chi connectivity index (χ0) is 9.61. The summed E-state index contributed by atoms with van der Waals surface area (Å²) in [5.74, 6) is 0. The Labute approximate surface area is 73.2 Å². The second-order valence-electron chi connectivity index (χ2n) is 3.32. The van der Waals surface area contributed by atoms with E-state index >= 15 is 0 Å². The average Bonchev–Trinajstić information content (AvgIpc) is 2.04. The van der Waals surface area contributed by atoms with E-state index in [0.29, 0.717) is 19.5 Å². The predicted octanol–water partition coefficient (Wildman–Crippen LogP) is -0.910. The average molecular weight is 177 g/mol. The minimum absolute atomic E-state index is 0.249. The number of aliphatic hydroxyl groups is 3. The van der Waals surface area contributed by atoms with Gasteiger partial charge in [0.15, 0.2) is 0 Å². The summed E-state index contributed by atoms with van der Waals surface area (Å²) in [5, 5.41) is 29.8. The second kappa shape index (κ2) is 5.48. The van der Waals surface area contributed by atoms with Gasteiger partial charge in [-0.25, -0.2) is 0 Å². The molecule has 2 unspecified atom stereocenters. The number of aliphatic hydroxyl groups excluding tert-OH is 2. The van der Waals surface area contributed by atoms with Crippen LogP contribution >= 0.6 is 0 Å². The molecule has 0 heterocycles. The van der Waals surface area contributed by atoms with Crippen LogP contribution in [0.3, 0.4) is 0 Å². The highest BCUT2D eigenvalue weighted by atomic mass is 16.3. The van der Waals surface area contributed by atoms with Crippen LogP contribution in [0.1, 0.15) is 20.3 Å². The molecule has 0 saturated carbocycles. The molecular weight excluding hydrogens is 158 g/mol. The lowest BCUT2D eigenvalue weighted by Gasteiger charge is -2.22. The number of rotatable bonds is 6. The standard InChI is InChI=1S/C8H19NO3/c1-3-8(2,12)6-9-4-7(11)5-10/h7,9-12H,3-6H2,1-2H3. The van der Waals surface area contributed by atoms with Gasteiger partial charge in [0.1, 0.15) is 0 Å². The third kappa shape index (κ3) is 5.49. The Kier molecular flexibility index (Phi) is 5.41. The van der Waals surface area contributed by atoms with Gasteiger partial charge in [0.2, 0.25) is 0 Å². The number of hydrogen-bond acceptors (Lipinski definition) is 4. The maximum absolute atomic E-state index is 9.50. The van der Waals surface area contributed by atoms with Crippen molar-refractivity contribution >= 4 is 0 Å². The summed E-state index contributed by atoms with van der Waals surface area (Å²) in [6.07, 6.45) is -0.0764. The van der Waals surface area contributed by atoms with Crippen LogP contribution in [-0.2, 0) is 0 Å². The molecule has 4 heteroatoms. The van der Waals surface area contributed by atoms with Gasteiger partial charge in [0.25, 0.3) is 0 Å². The van der Waals surface area contributed by atoms with E-state index in [1.807, 2.05) is 6.92 Å². The first-order chi connectivity index (χ1) is 5.52. The Morgan fingerprint density at radius 3 is 2.50 bits per heavy atom. The molecule has 0 amide bonds. The van der Waals surface area contributed by atoms with Gasteiger partial charge in [-0.05, 0) is 13.3 Å². The van der Waals surface area contributed by atoms with Crippen LogP contribution < -0.4 is 5.32 Å². The van der Waals surface area contributed by atoms with Crippen molar-refractivity contribution in [1.82, 2.24) is 5.32 Å². The van der Waals surface area contributed by atoms with E-state index in [4.69, 9.17) is 10.2 Å². The van der Waals surface area contributed by atoms with Crippen LogP contribution in [0, 0.1) is 0 Å². The third-order valence-corrected chi connectivity index (χ3v) is 1.86. The van der Waals surface area contributed by atoms with Gasteiger partial charge < -0.3 is 20.6 Å². The molecule has 0 aliphatic rings. The number of hydrogen-bond donors (Lipinski definition) is 4. The maximum Gasteiger partial charge on any atom is 0.0894 e. The largest absolute Gasteiger partial charge is 0.394 e. The highest BCUT2D eigenvalue weighted by Crippen LogP contribution is 2.05. The highest BCUT2D eigenvalue weighted by Gasteiger charge is 2.16. The fourth-order valence-corrected chi connectivity index (χ4v) is 0.698. The molecule has 0 aliphatic carbocycles. The van der Waals surface area contributed by atoms with Crippen molar-refractivity contribution in [3.05, 3.63) is 0 Å². The first-order valence-corrected chi connectivity index (χ1v) is 4.24. The lowest BCUT2D eigenvalue weighted by molar-refractivity contribution is 0.0459. The molecule has 0 radical (unpaired) electrons. The molecule has 0 aromatic heterocycles. The fourth-order valence-electron chi connectivity index (χ4n) is 0.698. The Morgan fingerprint density at radius 2 is 2.08 bits per heavy atom. The van der Waals surface area contributed by atoms with Gasteiger partial charge in [0, 0.05) is 13.1 Å². The summed E-state index contributed by atoms with van der Waals surface area (Å²) in [6, 6.07) is 0. The zero-order valence-corrected chi connectivity index (χ0v) is 7.75. The second-order valence-corrected chi connectivity index (χ2v) is 3.32. The van der Waals surface area contributed by atoms with Gasteiger partial charge >= 0.3 is 0 Å². The molecule has 4 N–H and O–H groups in total. The lowest BCUT2D eigenvalue weighted by Crippen LogP contribution is -2.40. The summed E-state index contributed by atoms with van der Waals surface area (Å²) in [4.78, 5) is 0. The SMILES string of the molecule is CCC(C)(O)CNCC(O)CO. The topological polar surface area (TPSA) is 72.7 Å². The van der Waals surface area contributed by atoms with Crippen LogP contribution in [0.5, 0.6) is 0 Å². The molecule has 0 aliphatic heterocycles. The minimum atomic E-state index is -0.738. The normalized spacial score (nSPS) is 18.8. The molecule has 0 saturated heterocycles. The van der Waals surface area contributed by atoms with Crippen LogP contribution in [0.25, 0.3) is 0 Å². The molecule has 0 aromatic carbocycles. The van der Waals surface area contributed by atoms with Crippen molar-refractivity contribution in [2.24, 2.45) is 0 Å². The van der Waals surface area contributed by atoms with E-state index < -0.39 is 11.7 Å². The first kappa shape index (κ1) is 11.8. The fraction of sp³-hybridized carbons (Fsp3) is 1.00. The Morgan fingerprint density at radius 1 is 1.50 bits per heavy atom. The zero-order valence-electron chi connectivity index (χ0n) is 7.75. The maximum atomic E-state index is 9.50. The van der Waals surface area contributed by atoms with Crippen molar-refractivity contribution in [2.45, 2.75) is 32.0 Å². The van der Waals surface area contributed by atoms with Gasteiger partial charge in [0.05, 0.1) is 18.3 Å². The molecule has 2 atom stereocenters. The molecule has 0 fully saturated rings. The molecule has 74 valence electrons. The highest BCUT2D eigenvalue weighted by molar-refractivity contribution is 4.73. The summed E-state index contributed by atoms with van der Waals surface area (Å²) >= 11 is 0. The van der Waals surface area contributed by atoms with E-state index in [-0.39, 0.29) is 6.61 Å². The predicted molar refractivity (Wildman–Crippen MR) is 46.9 cm³/mol. The van der Waals surface area contributed by atoms with Crippen LogP contribution in [-0.4, -0.2) is 46.7 Å². The smallest absolute Gasteiger partial charge is 0.0894 e. The molecule has 0 bridgehead atoms. The van der Waals surface area contributed by atoms with E-state index in [9.17, 15) is 5.11 Å². The van der Waals surface area contributed by atoms with Gasteiger partial charge in [-0.1, -0.05) is 6.92 Å². The van der Waals surface area contributed by atoms with E-state index in [0.717, 1.165) is 0 Å². The molecular formula is C8H19NO3. The molecule has 0 rings (SSSR count). The van der Waals surface area contributed by atoms with Crippen LogP contribution in [0.4, 0.5) is 0 Å². The summed E-state index contributed by atoms with van der Waals surface area (Å²) in [5.41, 5.74) is -0.727. The quantitative estimate of drug-likeness (QED) is 0.424. The molecule has 0 aromatic rings. The van der Waals surface area contributed by atoms with E-state index in [1.165, 1.54) is 0 Å². The van der Waals surface area contributed by atoms with Crippen LogP contribution in [0.2, 0.25) is 0 Å². The molecule has 12 heavy (non-hydrogen) atoms.